The van der Waals surface area contributed by atoms with Gasteiger partial charge in [-0.1, -0.05) is 6.42 Å². The van der Waals surface area contributed by atoms with Crippen molar-refractivity contribution in [3.63, 3.8) is 0 Å². The van der Waals surface area contributed by atoms with E-state index in [0.29, 0.717) is 17.9 Å². The maximum absolute atomic E-state index is 10.6. The summed E-state index contributed by atoms with van der Waals surface area (Å²) in [5.41, 5.74) is 0.452. The summed E-state index contributed by atoms with van der Waals surface area (Å²) in [6, 6.07) is 0. The van der Waals surface area contributed by atoms with Gasteiger partial charge in [-0.05, 0) is 25.2 Å². The number of rotatable bonds is 6. The average Bonchev–Trinajstić information content (AvgIpc) is 2.62. The first kappa shape index (κ1) is 12.8. The highest BCUT2D eigenvalue weighted by molar-refractivity contribution is 5.66. The fourth-order valence-corrected chi connectivity index (χ4v) is 3.26. The molecular weight excluding hydrogens is 218 g/mol. The van der Waals surface area contributed by atoms with Crippen LogP contribution in [0.4, 0.5) is 0 Å². The SMILES string of the molecule is CCOC[C@@H]1CN(CCC(=O)O)CC12CCC2. The Bertz CT molecular complexity index is 276. The van der Waals surface area contributed by atoms with Crippen LogP contribution in [-0.4, -0.2) is 48.8 Å². The van der Waals surface area contributed by atoms with Crippen LogP contribution in [-0.2, 0) is 9.53 Å². The number of hydrogen-bond acceptors (Lipinski definition) is 3. The van der Waals surface area contributed by atoms with Crippen LogP contribution in [0, 0.1) is 11.3 Å². The van der Waals surface area contributed by atoms with E-state index < -0.39 is 5.97 Å². The molecule has 1 saturated carbocycles. The molecular formula is C13H23NO3. The van der Waals surface area contributed by atoms with Crippen molar-refractivity contribution in [1.29, 1.82) is 0 Å². The van der Waals surface area contributed by atoms with Crippen LogP contribution in [0.15, 0.2) is 0 Å². The van der Waals surface area contributed by atoms with Crippen molar-refractivity contribution < 1.29 is 14.6 Å². The Kier molecular flexibility index (Phi) is 4.05. The third-order valence-electron chi connectivity index (χ3n) is 4.40. The van der Waals surface area contributed by atoms with Gasteiger partial charge in [-0.3, -0.25) is 4.79 Å². The number of carbonyl (C=O) groups is 1. The van der Waals surface area contributed by atoms with Gasteiger partial charge in [0.05, 0.1) is 13.0 Å². The molecule has 17 heavy (non-hydrogen) atoms. The van der Waals surface area contributed by atoms with Gasteiger partial charge in [-0.15, -0.1) is 0 Å². The van der Waals surface area contributed by atoms with Crippen LogP contribution in [0.1, 0.15) is 32.6 Å². The molecule has 0 amide bonds. The summed E-state index contributed by atoms with van der Waals surface area (Å²) in [4.78, 5) is 12.9. The molecule has 4 heteroatoms. The quantitative estimate of drug-likeness (QED) is 0.767. The lowest BCUT2D eigenvalue weighted by Gasteiger charge is -2.43. The fourth-order valence-electron chi connectivity index (χ4n) is 3.26. The van der Waals surface area contributed by atoms with Gasteiger partial charge in [-0.25, -0.2) is 0 Å². The summed E-state index contributed by atoms with van der Waals surface area (Å²) in [5, 5.41) is 8.73. The molecule has 2 rings (SSSR count). The largest absolute Gasteiger partial charge is 0.481 e. The molecule has 98 valence electrons. The number of carboxylic acid groups (broad SMARTS) is 1. The van der Waals surface area contributed by atoms with Crippen LogP contribution < -0.4 is 0 Å². The molecule has 0 aromatic heterocycles. The highest BCUT2D eigenvalue weighted by Crippen LogP contribution is 2.51. The van der Waals surface area contributed by atoms with E-state index in [1.807, 2.05) is 6.92 Å². The van der Waals surface area contributed by atoms with Gasteiger partial charge in [0.2, 0.25) is 0 Å². The molecule has 1 aliphatic heterocycles. The standard InChI is InChI=1S/C13H23NO3/c1-2-17-9-11-8-14(7-4-12(15)16)10-13(11)5-3-6-13/h11H,2-10H2,1H3,(H,15,16)/t11-/m0/s1. The van der Waals surface area contributed by atoms with Gasteiger partial charge in [0.25, 0.3) is 0 Å². The fraction of sp³-hybridized carbons (Fsp3) is 0.923. The smallest absolute Gasteiger partial charge is 0.304 e. The van der Waals surface area contributed by atoms with Crippen molar-refractivity contribution in [2.45, 2.75) is 32.6 Å². The van der Waals surface area contributed by atoms with E-state index in [9.17, 15) is 4.79 Å². The predicted molar refractivity (Wildman–Crippen MR) is 65.0 cm³/mol. The second-order valence-electron chi connectivity index (χ2n) is 5.45. The normalized spacial score (nSPS) is 27.2. The van der Waals surface area contributed by atoms with Crippen LogP contribution in [0.25, 0.3) is 0 Å². The van der Waals surface area contributed by atoms with Crippen LogP contribution in [0.5, 0.6) is 0 Å². The summed E-state index contributed by atoms with van der Waals surface area (Å²) in [7, 11) is 0. The molecule has 1 saturated heterocycles. The first-order valence-corrected chi connectivity index (χ1v) is 6.68. The van der Waals surface area contributed by atoms with Gasteiger partial charge in [0.15, 0.2) is 0 Å². The monoisotopic (exact) mass is 241 g/mol. The topological polar surface area (TPSA) is 49.8 Å². The molecule has 0 unspecified atom stereocenters. The van der Waals surface area contributed by atoms with Crippen LogP contribution in [0.2, 0.25) is 0 Å². The highest BCUT2D eigenvalue weighted by atomic mass is 16.5. The summed E-state index contributed by atoms with van der Waals surface area (Å²) in [6.45, 7) is 6.46. The summed E-state index contributed by atoms with van der Waals surface area (Å²) < 4.78 is 5.58. The van der Waals surface area contributed by atoms with Gasteiger partial charge in [0.1, 0.15) is 0 Å². The van der Waals surface area contributed by atoms with E-state index in [1.165, 1.54) is 19.3 Å². The molecule has 2 fully saturated rings. The minimum Gasteiger partial charge on any atom is -0.481 e. The zero-order chi connectivity index (χ0) is 12.3. The Labute approximate surface area is 103 Å². The van der Waals surface area contributed by atoms with Crippen molar-refractivity contribution >= 4 is 5.97 Å². The van der Waals surface area contributed by atoms with Gasteiger partial charge < -0.3 is 14.7 Å². The Morgan fingerprint density at radius 2 is 2.29 bits per heavy atom. The average molecular weight is 241 g/mol. The molecule has 0 radical (unpaired) electrons. The number of ether oxygens (including phenoxy) is 1. The molecule has 0 aromatic rings. The Hall–Kier alpha value is -0.610. The van der Waals surface area contributed by atoms with E-state index in [1.54, 1.807) is 0 Å². The summed E-state index contributed by atoms with van der Waals surface area (Å²) >= 11 is 0. The molecule has 1 spiro atoms. The lowest BCUT2D eigenvalue weighted by atomic mass is 9.63. The van der Waals surface area contributed by atoms with Crippen molar-refractivity contribution in [2.75, 3.05) is 32.8 Å². The van der Waals surface area contributed by atoms with Crippen molar-refractivity contribution in [3.8, 4) is 0 Å². The van der Waals surface area contributed by atoms with Crippen LogP contribution >= 0.6 is 0 Å². The summed E-state index contributed by atoms with van der Waals surface area (Å²) in [5.74, 6) is -0.0779. The second kappa shape index (κ2) is 5.36. The lowest BCUT2D eigenvalue weighted by molar-refractivity contribution is -0.137. The summed E-state index contributed by atoms with van der Waals surface area (Å²) in [6.07, 6.45) is 4.19. The molecule has 4 nitrogen and oxygen atoms in total. The Morgan fingerprint density at radius 3 is 2.82 bits per heavy atom. The molecule has 1 atom stereocenters. The van der Waals surface area contributed by atoms with Gasteiger partial charge in [-0.2, -0.15) is 0 Å². The zero-order valence-corrected chi connectivity index (χ0v) is 10.7. The second-order valence-corrected chi connectivity index (χ2v) is 5.45. The minimum atomic E-state index is -0.694. The number of nitrogens with zero attached hydrogens (tertiary/aromatic N) is 1. The van der Waals surface area contributed by atoms with E-state index in [2.05, 4.69) is 4.90 Å². The maximum atomic E-state index is 10.6. The van der Waals surface area contributed by atoms with E-state index in [0.717, 1.165) is 26.3 Å². The third-order valence-corrected chi connectivity index (χ3v) is 4.40. The molecule has 0 bridgehead atoms. The molecule has 1 heterocycles. The number of hydrogen-bond donors (Lipinski definition) is 1. The number of carboxylic acids is 1. The van der Waals surface area contributed by atoms with Crippen LogP contribution in [0.3, 0.4) is 0 Å². The lowest BCUT2D eigenvalue weighted by Crippen LogP contribution is -2.39. The van der Waals surface area contributed by atoms with Gasteiger partial charge in [0, 0.05) is 32.2 Å². The Balaban J connectivity index is 1.86. The predicted octanol–water partition coefficient (Wildman–Crippen LogP) is 1.60. The van der Waals surface area contributed by atoms with Gasteiger partial charge >= 0.3 is 5.97 Å². The number of likely N-dealkylation sites (tertiary alicyclic amines) is 1. The molecule has 2 aliphatic rings. The van der Waals surface area contributed by atoms with Crippen molar-refractivity contribution in [3.05, 3.63) is 0 Å². The van der Waals surface area contributed by atoms with Crippen molar-refractivity contribution in [2.24, 2.45) is 11.3 Å². The van der Waals surface area contributed by atoms with E-state index in [-0.39, 0.29) is 6.42 Å². The first-order valence-electron chi connectivity index (χ1n) is 6.68. The highest BCUT2D eigenvalue weighted by Gasteiger charge is 2.49. The molecule has 0 aromatic carbocycles. The minimum absolute atomic E-state index is 0.261. The maximum Gasteiger partial charge on any atom is 0.304 e. The van der Waals surface area contributed by atoms with Crippen molar-refractivity contribution in [1.82, 2.24) is 4.90 Å². The molecule has 1 N–H and O–H groups in total. The molecule has 1 aliphatic carbocycles. The third kappa shape index (κ3) is 2.80. The first-order chi connectivity index (χ1) is 8.16. The zero-order valence-electron chi connectivity index (χ0n) is 10.7. The van der Waals surface area contributed by atoms with E-state index >= 15 is 0 Å². The number of aliphatic carboxylic acids is 1. The van der Waals surface area contributed by atoms with E-state index in [4.69, 9.17) is 9.84 Å². The Morgan fingerprint density at radius 1 is 1.53 bits per heavy atom.